The van der Waals surface area contributed by atoms with Crippen molar-refractivity contribution < 1.29 is 18.7 Å². The van der Waals surface area contributed by atoms with E-state index < -0.39 is 5.82 Å². The fourth-order valence-corrected chi connectivity index (χ4v) is 4.86. The molecule has 0 unspecified atom stereocenters. The summed E-state index contributed by atoms with van der Waals surface area (Å²) >= 11 is 1.38. The Morgan fingerprint density at radius 1 is 1.06 bits per heavy atom. The predicted octanol–water partition coefficient (Wildman–Crippen LogP) is 5.46. The second-order valence-corrected chi connectivity index (χ2v) is 10.0. The molecular weight excluding hydrogens is 465 g/mol. The maximum atomic E-state index is 13.5. The average Bonchev–Trinajstić information content (AvgIpc) is 3.33. The van der Waals surface area contributed by atoms with Crippen molar-refractivity contribution in [3.8, 4) is 5.75 Å². The van der Waals surface area contributed by atoms with E-state index in [2.05, 4.69) is 29.5 Å². The number of benzene rings is 2. The highest BCUT2D eigenvalue weighted by Crippen LogP contribution is 2.22. The zero-order valence-electron chi connectivity index (χ0n) is 19.9. The molecule has 35 heavy (non-hydrogen) atoms. The lowest BCUT2D eigenvalue weighted by Crippen LogP contribution is -2.53. The van der Waals surface area contributed by atoms with Crippen LogP contribution in [0.4, 0.5) is 4.39 Å². The van der Waals surface area contributed by atoms with Gasteiger partial charge in [-0.3, -0.25) is 9.59 Å². The van der Waals surface area contributed by atoms with Crippen LogP contribution in [0.25, 0.3) is 0 Å². The third kappa shape index (κ3) is 6.66. The summed E-state index contributed by atoms with van der Waals surface area (Å²) in [6, 6.07) is 13.1. The minimum atomic E-state index is -0.456. The van der Waals surface area contributed by atoms with Crippen LogP contribution in [0.1, 0.15) is 76.9 Å². The molecular formula is C27H30FN3O3S. The number of hydrogen-bond acceptors (Lipinski definition) is 5. The summed E-state index contributed by atoms with van der Waals surface area (Å²) in [6.45, 7) is 4.58. The first kappa shape index (κ1) is 24.9. The molecule has 4 rings (SSSR count). The number of rotatable bonds is 8. The van der Waals surface area contributed by atoms with Gasteiger partial charge in [-0.2, -0.15) is 0 Å². The summed E-state index contributed by atoms with van der Waals surface area (Å²) in [6.07, 6.45) is 3.42. The second kappa shape index (κ2) is 11.4. The van der Waals surface area contributed by atoms with E-state index in [-0.39, 0.29) is 36.1 Å². The molecule has 1 aliphatic rings. The normalized spacial score (nSPS) is 17.7. The highest BCUT2D eigenvalue weighted by Gasteiger charge is 2.29. The van der Waals surface area contributed by atoms with Crippen LogP contribution in [0.15, 0.2) is 53.9 Å². The van der Waals surface area contributed by atoms with E-state index >= 15 is 0 Å². The van der Waals surface area contributed by atoms with Crippen molar-refractivity contribution in [1.82, 2.24) is 15.6 Å². The van der Waals surface area contributed by atoms with Gasteiger partial charge in [0.05, 0.1) is 0 Å². The Kier molecular flexibility index (Phi) is 8.13. The van der Waals surface area contributed by atoms with Gasteiger partial charge in [0.2, 0.25) is 0 Å². The number of carbonyl (C=O) groups is 2. The van der Waals surface area contributed by atoms with Gasteiger partial charge in [-0.25, -0.2) is 9.37 Å². The molecule has 184 valence electrons. The fraction of sp³-hybridized carbons (Fsp3) is 0.370. The molecule has 2 atom stereocenters. The number of nitrogens with one attached hydrogen (secondary N) is 2. The van der Waals surface area contributed by atoms with Crippen LogP contribution >= 0.6 is 11.3 Å². The molecule has 1 aromatic heterocycles. The molecule has 0 spiro atoms. The quantitative estimate of drug-likeness (QED) is 0.435. The molecule has 2 N–H and O–H groups in total. The van der Waals surface area contributed by atoms with Gasteiger partial charge >= 0.3 is 0 Å². The van der Waals surface area contributed by atoms with Gasteiger partial charge < -0.3 is 15.4 Å². The molecule has 2 aromatic carbocycles. The molecule has 8 heteroatoms. The Morgan fingerprint density at radius 3 is 2.40 bits per heavy atom. The number of amides is 2. The van der Waals surface area contributed by atoms with E-state index in [0.717, 1.165) is 31.4 Å². The molecule has 0 bridgehead atoms. The van der Waals surface area contributed by atoms with Gasteiger partial charge in [0.1, 0.15) is 28.9 Å². The maximum Gasteiger partial charge on any atom is 0.271 e. The lowest BCUT2D eigenvalue weighted by Gasteiger charge is -2.32. The van der Waals surface area contributed by atoms with Gasteiger partial charge in [0.15, 0.2) is 0 Å². The Hall–Kier alpha value is -3.26. The highest BCUT2D eigenvalue weighted by atomic mass is 32.1. The number of halogens is 1. The second-order valence-electron chi connectivity index (χ2n) is 9.09. The summed E-state index contributed by atoms with van der Waals surface area (Å²) in [5.74, 6) is 0.148. The van der Waals surface area contributed by atoms with Crippen LogP contribution in [-0.4, -0.2) is 28.9 Å². The van der Waals surface area contributed by atoms with Crippen molar-refractivity contribution in [3.05, 3.63) is 81.6 Å². The van der Waals surface area contributed by atoms with E-state index in [1.807, 2.05) is 24.3 Å². The molecule has 0 saturated heterocycles. The molecule has 0 radical (unpaired) electrons. The first-order valence-corrected chi connectivity index (χ1v) is 12.8. The number of nitrogens with zero attached hydrogens (tertiary/aromatic N) is 1. The zero-order valence-corrected chi connectivity index (χ0v) is 20.7. The molecule has 1 fully saturated rings. The van der Waals surface area contributed by atoms with E-state index in [1.54, 1.807) is 11.4 Å². The van der Waals surface area contributed by atoms with Crippen LogP contribution in [0.3, 0.4) is 0 Å². The number of thiazole rings is 1. The molecule has 3 aromatic rings. The average molecular weight is 496 g/mol. The van der Waals surface area contributed by atoms with Crippen molar-refractivity contribution >= 4 is 23.2 Å². The summed E-state index contributed by atoms with van der Waals surface area (Å²) in [7, 11) is 0. The third-order valence-electron chi connectivity index (χ3n) is 6.18. The topological polar surface area (TPSA) is 80.3 Å². The van der Waals surface area contributed by atoms with Crippen molar-refractivity contribution in [1.29, 1.82) is 0 Å². The summed E-state index contributed by atoms with van der Waals surface area (Å²) in [4.78, 5) is 29.9. The van der Waals surface area contributed by atoms with Crippen molar-refractivity contribution in [2.75, 3.05) is 0 Å². The zero-order chi connectivity index (χ0) is 24.8. The Balaban J connectivity index is 1.32. The lowest BCUT2D eigenvalue weighted by atomic mass is 9.90. The standard InChI is InChI=1S/C27H30FN3O3S/c1-17(2)18-10-12-21(13-11-18)34-15-25-29-24(16-35-25)27(33)31-23-9-4-3-8-22(23)30-26(32)19-6-5-7-20(28)14-19/h5-7,10-14,16-17,22-23H,3-4,8-9,15H2,1-2H3,(H,30,32)(H,31,33)/t22-,23-/m0/s1. The van der Waals surface area contributed by atoms with E-state index in [0.29, 0.717) is 16.6 Å². The number of hydrogen-bond donors (Lipinski definition) is 2. The van der Waals surface area contributed by atoms with Crippen LogP contribution in [0, 0.1) is 5.82 Å². The summed E-state index contributed by atoms with van der Waals surface area (Å²) in [5.41, 5.74) is 1.85. The maximum absolute atomic E-state index is 13.5. The van der Waals surface area contributed by atoms with Crippen molar-refractivity contribution in [3.63, 3.8) is 0 Å². The Bertz CT molecular complexity index is 1160. The fourth-order valence-electron chi connectivity index (χ4n) is 4.18. The Morgan fingerprint density at radius 2 is 1.74 bits per heavy atom. The lowest BCUT2D eigenvalue weighted by molar-refractivity contribution is 0.0860. The molecule has 1 saturated carbocycles. The minimum Gasteiger partial charge on any atom is -0.486 e. The van der Waals surface area contributed by atoms with Gasteiger partial charge in [0, 0.05) is 23.0 Å². The van der Waals surface area contributed by atoms with Crippen LogP contribution < -0.4 is 15.4 Å². The van der Waals surface area contributed by atoms with Gasteiger partial charge in [0.25, 0.3) is 11.8 Å². The van der Waals surface area contributed by atoms with E-state index in [4.69, 9.17) is 4.74 Å². The SMILES string of the molecule is CC(C)c1ccc(OCc2nc(C(=O)N[C@H]3CCCC[C@@H]3NC(=O)c3cccc(F)c3)cs2)cc1. The predicted molar refractivity (Wildman–Crippen MR) is 134 cm³/mol. The third-order valence-corrected chi connectivity index (χ3v) is 7.00. The number of ether oxygens (including phenoxy) is 1. The first-order valence-electron chi connectivity index (χ1n) is 11.9. The number of aromatic nitrogens is 1. The minimum absolute atomic E-state index is 0.213. The summed E-state index contributed by atoms with van der Waals surface area (Å²) < 4.78 is 19.3. The van der Waals surface area contributed by atoms with E-state index in [1.165, 1.54) is 35.1 Å². The molecule has 0 aliphatic heterocycles. The van der Waals surface area contributed by atoms with E-state index in [9.17, 15) is 14.0 Å². The number of carbonyl (C=O) groups excluding carboxylic acids is 2. The van der Waals surface area contributed by atoms with Crippen molar-refractivity contribution in [2.24, 2.45) is 0 Å². The monoisotopic (exact) mass is 495 g/mol. The largest absolute Gasteiger partial charge is 0.486 e. The summed E-state index contributed by atoms with van der Waals surface area (Å²) in [5, 5.41) is 8.43. The smallest absolute Gasteiger partial charge is 0.271 e. The molecule has 6 nitrogen and oxygen atoms in total. The van der Waals surface area contributed by atoms with Crippen LogP contribution in [-0.2, 0) is 6.61 Å². The van der Waals surface area contributed by atoms with Gasteiger partial charge in [-0.1, -0.05) is 44.9 Å². The first-order chi connectivity index (χ1) is 16.9. The highest BCUT2D eigenvalue weighted by molar-refractivity contribution is 7.09. The van der Waals surface area contributed by atoms with Gasteiger partial charge in [-0.15, -0.1) is 11.3 Å². The molecule has 1 heterocycles. The molecule has 2 amide bonds. The Labute approximate surface area is 208 Å². The van der Waals surface area contributed by atoms with Crippen LogP contribution in [0.2, 0.25) is 0 Å². The van der Waals surface area contributed by atoms with Gasteiger partial charge in [-0.05, 0) is 54.7 Å². The molecule has 1 aliphatic carbocycles. The van der Waals surface area contributed by atoms with Crippen LogP contribution in [0.5, 0.6) is 5.75 Å². The van der Waals surface area contributed by atoms with Crippen molar-refractivity contribution in [2.45, 2.75) is 64.1 Å².